The van der Waals surface area contributed by atoms with Crippen molar-refractivity contribution in [1.82, 2.24) is 9.97 Å². The number of aryl methyl sites for hydroxylation is 1. The second-order valence-electron chi connectivity index (χ2n) is 7.34. The summed E-state index contributed by atoms with van der Waals surface area (Å²) in [6, 6.07) is 15.5. The smallest absolute Gasteiger partial charge is 0.248 e. The molecular weight excluding hydrogens is 409 g/mol. The van der Waals surface area contributed by atoms with Crippen LogP contribution < -0.4 is 15.5 Å². The van der Waals surface area contributed by atoms with Gasteiger partial charge < -0.3 is 20.3 Å². The number of ether oxygens (including phenoxy) is 1. The highest BCUT2D eigenvalue weighted by Crippen LogP contribution is 2.21. The zero-order chi connectivity index (χ0) is 22.3. The third-order valence-corrected chi connectivity index (χ3v) is 4.90. The largest absolute Gasteiger partial charge is 0.378 e. The minimum absolute atomic E-state index is 0.342. The fraction of sp³-hybridized carbons (Fsp3) is 0.208. The van der Waals surface area contributed by atoms with E-state index in [0.717, 1.165) is 30.3 Å². The van der Waals surface area contributed by atoms with E-state index >= 15 is 0 Å². The number of morpholine rings is 1. The highest BCUT2D eigenvalue weighted by Gasteiger charge is 2.14. The van der Waals surface area contributed by atoms with Crippen LogP contribution in [-0.2, 0) is 9.53 Å². The molecule has 4 rings (SSSR count). The Morgan fingerprint density at radius 1 is 1.06 bits per heavy atom. The van der Waals surface area contributed by atoms with Crippen molar-refractivity contribution in [3.05, 3.63) is 77.7 Å². The second-order valence-corrected chi connectivity index (χ2v) is 7.34. The van der Waals surface area contributed by atoms with Gasteiger partial charge in [0.2, 0.25) is 11.9 Å². The molecule has 1 aliphatic rings. The number of carbonyl (C=O) groups is 1. The van der Waals surface area contributed by atoms with E-state index in [9.17, 15) is 9.18 Å². The van der Waals surface area contributed by atoms with E-state index in [-0.39, 0.29) is 11.7 Å². The van der Waals surface area contributed by atoms with Gasteiger partial charge in [-0.2, -0.15) is 4.98 Å². The number of hydrogen-bond acceptors (Lipinski definition) is 6. The fourth-order valence-electron chi connectivity index (χ4n) is 3.29. The van der Waals surface area contributed by atoms with Gasteiger partial charge in [-0.1, -0.05) is 18.2 Å². The molecule has 8 heteroatoms. The van der Waals surface area contributed by atoms with Gasteiger partial charge in [-0.3, -0.25) is 4.79 Å². The Labute approximate surface area is 186 Å². The number of nitrogens with zero attached hydrogens (tertiary/aromatic N) is 3. The van der Waals surface area contributed by atoms with Crippen LogP contribution in [0.2, 0.25) is 0 Å². The Morgan fingerprint density at radius 2 is 1.78 bits per heavy atom. The average Bonchev–Trinajstić information content (AvgIpc) is 2.80. The lowest BCUT2D eigenvalue weighted by Gasteiger charge is -2.28. The third-order valence-electron chi connectivity index (χ3n) is 4.90. The molecule has 1 fully saturated rings. The maximum Gasteiger partial charge on any atom is 0.248 e. The molecule has 0 radical (unpaired) electrons. The molecule has 7 nitrogen and oxygen atoms in total. The van der Waals surface area contributed by atoms with Gasteiger partial charge >= 0.3 is 0 Å². The fourth-order valence-corrected chi connectivity index (χ4v) is 3.29. The molecule has 0 atom stereocenters. The minimum atomic E-state index is -0.373. The molecule has 2 N–H and O–H groups in total. The summed E-state index contributed by atoms with van der Waals surface area (Å²) in [5.74, 6) is 0.665. The van der Waals surface area contributed by atoms with E-state index in [4.69, 9.17) is 4.74 Å². The maximum absolute atomic E-state index is 13.6. The van der Waals surface area contributed by atoms with Crippen LogP contribution in [-0.4, -0.2) is 42.2 Å². The molecule has 32 heavy (non-hydrogen) atoms. The second kappa shape index (κ2) is 10.0. The number of aromatic nitrogens is 2. The summed E-state index contributed by atoms with van der Waals surface area (Å²) in [6.45, 7) is 4.92. The van der Waals surface area contributed by atoms with Crippen LogP contribution in [0.15, 0.2) is 60.7 Å². The molecule has 2 aromatic carbocycles. The van der Waals surface area contributed by atoms with E-state index in [1.165, 1.54) is 18.2 Å². The van der Waals surface area contributed by atoms with Gasteiger partial charge in [0.1, 0.15) is 11.6 Å². The Balaban J connectivity index is 1.38. The van der Waals surface area contributed by atoms with Gasteiger partial charge in [0, 0.05) is 47.9 Å². The lowest BCUT2D eigenvalue weighted by atomic mass is 10.2. The Kier molecular flexibility index (Phi) is 6.72. The monoisotopic (exact) mass is 433 g/mol. The summed E-state index contributed by atoms with van der Waals surface area (Å²) in [6.07, 6.45) is 2.75. The molecule has 0 unspecified atom stereocenters. The number of hydrogen-bond donors (Lipinski definition) is 2. The quantitative estimate of drug-likeness (QED) is 0.569. The van der Waals surface area contributed by atoms with Crippen molar-refractivity contribution in [3.63, 3.8) is 0 Å². The third kappa shape index (κ3) is 5.67. The molecule has 3 aromatic rings. The van der Waals surface area contributed by atoms with Crippen LogP contribution in [0.3, 0.4) is 0 Å². The Bertz CT molecular complexity index is 1110. The summed E-state index contributed by atoms with van der Waals surface area (Å²) >= 11 is 0. The number of halogens is 1. The van der Waals surface area contributed by atoms with Crippen molar-refractivity contribution in [1.29, 1.82) is 0 Å². The van der Waals surface area contributed by atoms with E-state index in [1.807, 2.05) is 25.1 Å². The van der Waals surface area contributed by atoms with E-state index in [2.05, 4.69) is 25.5 Å². The lowest BCUT2D eigenvalue weighted by Crippen LogP contribution is -2.36. The van der Waals surface area contributed by atoms with Crippen LogP contribution in [0, 0.1) is 12.7 Å². The zero-order valence-electron chi connectivity index (χ0n) is 17.7. The van der Waals surface area contributed by atoms with Crippen LogP contribution >= 0.6 is 0 Å². The van der Waals surface area contributed by atoms with Crippen LogP contribution in [0.25, 0.3) is 6.08 Å². The number of anilines is 4. The van der Waals surface area contributed by atoms with Crippen molar-refractivity contribution in [3.8, 4) is 0 Å². The predicted octanol–water partition coefficient (Wildman–Crippen LogP) is 4.16. The Morgan fingerprint density at radius 3 is 2.53 bits per heavy atom. The number of nitrogens with one attached hydrogen (secondary N) is 2. The number of carbonyl (C=O) groups excluding carboxylic acids is 1. The topological polar surface area (TPSA) is 79.4 Å². The van der Waals surface area contributed by atoms with Gasteiger partial charge in [0.15, 0.2) is 0 Å². The molecule has 0 aliphatic carbocycles. The number of amides is 1. The standard InChI is InChI=1S/C24H24FN5O2/c1-17-16-22(30-12-14-32-15-13-30)29-24(26-17)28-20-9-7-19(8-10-20)27-23(31)11-6-18-4-2-3-5-21(18)25/h2-11,16H,12-15H2,1H3,(H,27,31)(H,26,28,29)/b11-6+. The first-order chi connectivity index (χ1) is 15.6. The normalized spacial score (nSPS) is 13.9. The minimum Gasteiger partial charge on any atom is -0.378 e. The lowest BCUT2D eigenvalue weighted by molar-refractivity contribution is -0.111. The highest BCUT2D eigenvalue weighted by molar-refractivity contribution is 6.02. The van der Waals surface area contributed by atoms with Gasteiger partial charge in [0.25, 0.3) is 0 Å². The van der Waals surface area contributed by atoms with Crippen LogP contribution in [0.1, 0.15) is 11.3 Å². The van der Waals surface area contributed by atoms with Crippen molar-refractivity contribution in [2.75, 3.05) is 41.8 Å². The molecule has 2 heterocycles. The van der Waals surface area contributed by atoms with Gasteiger partial charge in [-0.15, -0.1) is 0 Å². The molecule has 0 spiro atoms. The molecule has 1 aromatic heterocycles. The summed E-state index contributed by atoms with van der Waals surface area (Å²) in [5, 5.41) is 5.97. The van der Waals surface area contributed by atoms with Crippen LogP contribution in [0.5, 0.6) is 0 Å². The first-order valence-corrected chi connectivity index (χ1v) is 10.4. The van der Waals surface area contributed by atoms with Gasteiger partial charge in [-0.05, 0) is 43.3 Å². The molecular formula is C24H24FN5O2. The van der Waals surface area contributed by atoms with Crippen molar-refractivity contribution >= 4 is 35.1 Å². The molecule has 164 valence electrons. The zero-order valence-corrected chi connectivity index (χ0v) is 17.7. The summed E-state index contributed by atoms with van der Waals surface area (Å²) in [4.78, 5) is 23.4. The van der Waals surface area contributed by atoms with Gasteiger partial charge in [0.05, 0.1) is 13.2 Å². The average molecular weight is 433 g/mol. The van der Waals surface area contributed by atoms with Crippen molar-refractivity contribution in [2.45, 2.75) is 6.92 Å². The first-order valence-electron chi connectivity index (χ1n) is 10.4. The van der Waals surface area contributed by atoms with Gasteiger partial charge in [-0.25, -0.2) is 9.37 Å². The van der Waals surface area contributed by atoms with E-state index < -0.39 is 0 Å². The summed E-state index contributed by atoms with van der Waals surface area (Å²) in [5.41, 5.74) is 2.65. The number of benzene rings is 2. The summed E-state index contributed by atoms with van der Waals surface area (Å²) in [7, 11) is 0. The van der Waals surface area contributed by atoms with E-state index in [0.29, 0.717) is 30.4 Å². The summed E-state index contributed by atoms with van der Waals surface area (Å²) < 4.78 is 19.0. The molecule has 0 bridgehead atoms. The van der Waals surface area contributed by atoms with E-state index in [1.54, 1.807) is 30.3 Å². The predicted molar refractivity (Wildman–Crippen MR) is 124 cm³/mol. The molecule has 1 amide bonds. The SMILES string of the molecule is Cc1cc(N2CCOCC2)nc(Nc2ccc(NC(=O)/C=C/c3ccccc3F)cc2)n1. The van der Waals surface area contributed by atoms with Crippen LogP contribution in [0.4, 0.5) is 27.5 Å². The first kappa shape index (κ1) is 21.5. The van der Waals surface area contributed by atoms with Crippen molar-refractivity contribution < 1.29 is 13.9 Å². The molecule has 1 aliphatic heterocycles. The molecule has 0 saturated carbocycles. The van der Waals surface area contributed by atoms with Crippen molar-refractivity contribution in [2.24, 2.45) is 0 Å². The highest BCUT2D eigenvalue weighted by atomic mass is 19.1. The molecule has 1 saturated heterocycles. The maximum atomic E-state index is 13.6. The Hall–Kier alpha value is -3.78. The number of rotatable bonds is 6.